The Bertz CT molecular complexity index is 866. The quantitative estimate of drug-likeness (QED) is 0.425. The molecule has 4 rings (SSSR count). The fraction of sp³-hybridized carbons (Fsp3) is 0.458. The van der Waals surface area contributed by atoms with Crippen LogP contribution in [0.4, 0.5) is 0 Å². The molecule has 26 heavy (non-hydrogen) atoms. The highest BCUT2D eigenvalue weighted by Crippen LogP contribution is 2.51. The maximum absolute atomic E-state index is 6.64. The van der Waals surface area contributed by atoms with Crippen molar-refractivity contribution in [3.8, 4) is 11.1 Å². The molecule has 0 bridgehead atoms. The van der Waals surface area contributed by atoms with Crippen LogP contribution in [0.3, 0.4) is 0 Å². The van der Waals surface area contributed by atoms with Gasteiger partial charge >= 0.3 is 0 Å². The molecule has 2 aromatic rings. The zero-order valence-electron chi connectivity index (χ0n) is 16.3. The van der Waals surface area contributed by atoms with E-state index >= 15 is 0 Å². The smallest absolute Gasteiger partial charge is 0.0419 e. The molecule has 0 heterocycles. The molecular formula is C24H28ClN. The van der Waals surface area contributed by atoms with Crippen molar-refractivity contribution in [1.29, 1.82) is 0 Å². The van der Waals surface area contributed by atoms with E-state index in [4.69, 9.17) is 11.6 Å². The molecule has 0 N–H and O–H groups in total. The first-order chi connectivity index (χ1) is 12.3. The zero-order chi connectivity index (χ0) is 18.6. The molecule has 1 saturated carbocycles. The minimum absolute atomic E-state index is 0.0169. The van der Waals surface area contributed by atoms with Crippen LogP contribution in [0.25, 0.3) is 11.1 Å². The predicted molar refractivity (Wildman–Crippen MR) is 113 cm³/mol. The van der Waals surface area contributed by atoms with Crippen LogP contribution in [0, 0.1) is 0 Å². The van der Waals surface area contributed by atoms with Gasteiger partial charge in [-0.3, -0.25) is 4.99 Å². The van der Waals surface area contributed by atoms with Crippen molar-refractivity contribution in [2.45, 2.75) is 62.2 Å². The fourth-order valence-corrected chi connectivity index (χ4v) is 5.16. The molecule has 2 heteroatoms. The van der Waals surface area contributed by atoms with E-state index in [1.54, 1.807) is 0 Å². The van der Waals surface area contributed by atoms with E-state index in [-0.39, 0.29) is 15.7 Å². The average molecular weight is 366 g/mol. The van der Waals surface area contributed by atoms with Gasteiger partial charge in [0.05, 0.1) is 0 Å². The van der Waals surface area contributed by atoms with Gasteiger partial charge in [-0.15, -0.1) is 11.6 Å². The van der Waals surface area contributed by atoms with E-state index in [0.717, 1.165) is 25.7 Å². The standard InChI is InChI=1S/C24H28ClN/c1-22(2)20-8-6-5-7-18(20)19-10-9-17(15-21(19)22)24(16-26-4)13-11-23(3,25)12-14-24/h5-10,15-16H,11-14H2,1-4H3. The highest BCUT2D eigenvalue weighted by molar-refractivity contribution is 6.23. The molecule has 136 valence electrons. The van der Waals surface area contributed by atoms with Crippen molar-refractivity contribution < 1.29 is 0 Å². The first-order valence-electron chi connectivity index (χ1n) is 9.66. The first-order valence-corrected chi connectivity index (χ1v) is 10.0. The van der Waals surface area contributed by atoms with Crippen LogP contribution in [-0.2, 0) is 10.8 Å². The molecule has 0 aromatic heterocycles. The number of hydrogen-bond donors (Lipinski definition) is 0. The second kappa shape index (κ2) is 5.96. The molecule has 0 amide bonds. The van der Waals surface area contributed by atoms with Crippen LogP contribution < -0.4 is 0 Å². The third-order valence-electron chi connectivity index (χ3n) is 6.72. The average Bonchev–Trinajstić information content (AvgIpc) is 2.85. The van der Waals surface area contributed by atoms with Crippen LogP contribution in [0.2, 0.25) is 0 Å². The van der Waals surface area contributed by atoms with Crippen LogP contribution >= 0.6 is 11.6 Å². The molecule has 0 aliphatic heterocycles. The number of rotatable bonds is 2. The van der Waals surface area contributed by atoms with Crippen molar-refractivity contribution in [1.82, 2.24) is 0 Å². The Kier molecular flexibility index (Phi) is 4.08. The summed E-state index contributed by atoms with van der Waals surface area (Å²) in [6.45, 7) is 6.86. The Morgan fingerprint density at radius 1 is 0.885 bits per heavy atom. The number of alkyl halides is 1. The molecule has 0 spiro atoms. The Morgan fingerprint density at radius 2 is 1.54 bits per heavy atom. The minimum atomic E-state index is -0.0721. The SMILES string of the molecule is CN=CC1(c2ccc3c(c2)C(C)(C)c2ccccc2-3)CCC(C)(Cl)CC1. The predicted octanol–water partition coefficient (Wildman–Crippen LogP) is 6.50. The van der Waals surface area contributed by atoms with E-state index in [9.17, 15) is 0 Å². The molecule has 0 atom stereocenters. The number of aliphatic imine (C=N–C) groups is 1. The number of fused-ring (bicyclic) bond motifs is 3. The Balaban J connectivity index is 1.82. The van der Waals surface area contributed by atoms with Gasteiger partial charge in [0.15, 0.2) is 0 Å². The van der Waals surface area contributed by atoms with Crippen LogP contribution in [0.1, 0.15) is 63.1 Å². The highest BCUT2D eigenvalue weighted by atomic mass is 35.5. The molecule has 0 unspecified atom stereocenters. The fourth-order valence-electron chi connectivity index (χ4n) is 4.97. The number of hydrogen-bond acceptors (Lipinski definition) is 1. The molecule has 0 radical (unpaired) electrons. The molecule has 2 aromatic carbocycles. The van der Waals surface area contributed by atoms with Gasteiger partial charge in [-0.1, -0.05) is 56.3 Å². The van der Waals surface area contributed by atoms with Crippen molar-refractivity contribution in [3.05, 3.63) is 59.2 Å². The van der Waals surface area contributed by atoms with Gasteiger partial charge in [0.25, 0.3) is 0 Å². The van der Waals surface area contributed by atoms with Gasteiger partial charge in [0.1, 0.15) is 0 Å². The van der Waals surface area contributed by atoms with Crippen molar-refractivity contribution >= 4 is 17.8 Å². The lowest BCUT2D eigenvalue weighted by molar-refractivity contribution is 0.329. The van der Waals surface area contributed by atoms with Gasteiger partial charge in [-0.25, -0.2) is 0 Å². The van der Waals surface area contributed by atoms with Gasteiger partial charge in [-0.05, 0) is 60.4 Å². The lowest BCUT2D eigenvalue weighted by Crippen LogP contribution is -2.38. The Hall–Kier alpha value is -1.60. The topological polar surface area (TPSA) is 12.4 Å². The van der Waals surface area contributed by atoms with Crippen molar-refractivity contribution in [3.63, 3.8) is 0 Å². The van der Waals surface area contributed by atoms with Crippen LogP contribution in [0.15, 0.2) is 47.5 Å². The van der Waals surface area contributed by atoms with Crippen molar-refractivity contribution in [2.24, 2.45) is 4.99 Å². The maximum Gasteiger partial charge on any atom is 0.0419 e. The highest BCUT2D eigenvalue weighted by Gasteiger charge is 2.42. The normalized spacial score (nSPS) is 29.6. The first kappa shape index (κ1) is 17.8. The summed E-state index contributed by atoms with van der Waals surface area (Å²) in [6, 6.07) is 15.9. The van der Waals surface area contributed by atoms with Crippen molar-refractivity contribution in [2.75, 3.05) is 7.05 Å². The summed E-state index contributed by atoms with van der Waals surface area (Å²) < 4.78 is 0. The lowest BCUT2D eigenvalue weighted by atomic mass is 9.66. The van der Waals surface area contributed by atoms with E-state index in [0.29, 0.717) is 0 Å². The van der Waals surface area contributed by atoms with Gasteiger partial charge in [0.2, 0.25) is 0 Å². The monoisotopic (exact) mass is 365 g/mol. The second-order valence-electron chi connectivity index (χ2n) is 8.89. The summed E-state index contributed by atoms with van der Waals surface area (Å²) in [5, 5.41) is 0. The van der Waals surface area contributed by atoms with E-state index in [2.05, 4.69) is 74.4 Å². The third-order valence-corrected chi connectivity index (χ3v) is 7.10. The summed E-state index contributed by atoms with van der Waals surface area (Å²) in [5.41, 5.74) is 7.10. The summed E-state index contributed by atoms with van der Waals surface area (Å²) in [6.07, 6.45) is 6.37. The van der Waals surface area contributed by atoms with Crippen LogP contribution in [0.5, 0.6) is 0 Å². The number of nitrogens with zero attached hydrogens (tertiary/aromatic N) is 1. The van der Waals surface area contributed by atoms with E-state index < -0.39 is 0 Å². The molecule has 2 aliphatic carbocycles. The number of halogens is 1. The van der Waals surface area contributed by atoms with Gasteiger partial charge in [-0.2, -0.15) is 0 Å². The molecule has 1 nitrogen and oxygen atoms in total. The third kappa shape index (κ3) is 2.63. The minimum Gasteiger partial charge on any atom is -0.300 e. The Morgan fingerprint density at radius 3 is 2.23 bits per heavy atom. The van der Waals surface area contributed by atoms with E-state index in [1.807, 2.05) is 7.05 Å². The molecule has 2 aliphatic rings. The summed E-state index contributed by atoms with van der Waals surface area (Å²) in [5.74, 6) is 0. The summed E-state index contributed by atoms with van der Waals surface area (Å²) in [7, 11) is 1.89. The largest absolute Gasteiger partial charge is 0.300 e. The molecular weight excluding hydrogens is 338 g/mol. The summed E-state index contributed by atoms with van der Waals surface area (Å²) >= 11 is 6.64. The van der Waals surface area contributed by atoms with Crippen LogP contribution in [-0.4, -0.2) is 18.1 Å². The molecule has 1 fully saturated rings. The van der Waals surface area contributed by atoms with Gasteiger partial charge in [0, 0.05) is 29.0 Å². The molecule has 0 saturated heterocycles. The maximum atomic E-state index is 6.64. The zero-order valence-corrected chi connectivity index (χ0v) is 17.0. The van der Waals surface area contributed by atoms with Gasteiger partial charge < -0.3 is 0 Å². The number of benzene rings is 2. The lowest BCUT2D eigenvalue weighted by Gasteiger charge is -2.41. The summed E-state index contributed by atoms with van der Waals surface area (Å²) in [4.78, 5) is 4.38. The Labute approximate surface area is 162 Å². The second-order valence-corrected chi connectivity index (χ2v) is 9.80. The van der Waals surface area contributed by atoms with E-state index in [1.165, 1.54) is 27.8 Å².